The smallest absolute Gasteiger partial charge is 0.303 e. The highest BCUT2D eigenvalue weighted by molar-refractivity contribution is 7.89. The Morgan fingerprint density at radius 2 is 1.67 bits per heavy atom. The van der Waals surface area contributed by atoms with Gasteiger partial charge >= 0.3 is 5.97 Å². The van der Waals surface area contributed by atoms with Gasteiger partial charge in [-0.1, -0.05) is 60.7 Å². The van der Waals surface area contributed by atoms with Crippen LogP contribution in [0.4, 0.5) is 0 Å². The maximum atomic E-state index is 13.2. The van der Waals surface area contributed by atoms with Gasteiger partial charge in [-0.3, -0.25) is 4.79 Å². The number of aliphatic carboxylic acids is 1. The van der Waals surface area contributed by atoms with E-state index in [0.717, 1.165) is 34.4 Å². The van der Waals surface area contributed by atoms with Gasteiger partial charge in [0.15, 0.2) is 0 Å². The van der Waals surface area contributed by atoms with E-state index >= 15 is 0 Å². The minimum Gasteiger partial charge on any atom is -0.489 e. The van der Waals surface area contributed by atoms with Crippen molar-refractivity contribution in [3.05, 3.63) is 83.9 Å². The van der Waals surface area contributed by atoms with Crippen LogP contribution in [-0.2, 0) is 21.2 Å². The molecule has 0 amide bonds. The number of benzene rings is 3. The molecule has 1 heterocycles. The Hall–Kier alpha value is -3.16. The number of carboxylic acid groups (broad SMARTS) is 1. The van der Waals surface area contributed by atoms with E-state index in [1.165, 1.54) is 0 Å². The zero-order valence-electron chi connectivity index (χ0n) is 18.0. The number of hydrogen-bond acceptors (Lipinski definition) is 4. The molecule has 1 aliphatic carbocycles. The van der Waals surface area contributed by atoms with Crippen molar-refractivity contribution in [2.75, 3.05) is 0 Å². The van der Waals surface area contributed by atoms with Crippen LogP contribution in [0.2, 0.25) is 0 Å². The Bertz CT molecular complexity index is 1270. The van der Waals surface area contributed by atoms with Gasteiger partial charge in [-0.05, 0) is 48.1 Å². The summed E-state index contributed by atoms with van der Waals surface area (Å²) in [5.74, 6) is -0.206. The highest BCUT2D eigenvalue weighted by Gasteiger charge is 2.46. The lowest BCUT2D eigenvalue weighted by Gasteiger charge is -2.20. The summed E-state index contributed by atoms with van der Waals surface area (Å²) < 4.78 is 35.4. The summed E-state index contributed by atoms with van der Waals surface area (Å²) in [6, 6.07) is 22.2. The molecule has 3 unspecified atom stereocenters. The maximum absolute atomic E-state index is 13.2. The predicted molar refractivity (Wildman–Crippen MR) is 125 cm³/mol. The molecule has 1 fully saturated rings. The fourth-order valence-electron chi connectivity index (χ4n) is 4.97. The Labute approximate surface area is 193 Å². The number of ether oxygens (including phenoxy) is 1. The summed E-state index contributed by atoms with van der Waals surface area (Å²) in [5.41, 5.74) is 3.82. The van der Waals surface area contributed by atoms with Gasteiger partial charge in [-0.15, -0.1) is 0 Å². The summed E-state index contributed by atoms with van der Waals surface area (Å²) in [7, 11) is -3.70. The van der Waals surface area contributed by atoms with Crippen LogP contribution in [0.5, 0.6) is 5.75 Å². The van der Waals surface area contributed by atoms with Gasteiger partial charge in [-0.2, -0.15) is 0 Å². The number of aryl methyl sites for hydroxylation is 1. The Morgan fingerprint density at radius 3 is 2.39 bits per heavy atom. The predicted octanol–water partition coefficient (Wildman–Crippen LogP) is 4.36. The summed E-state index contributed by atoms with van der Waals surface area (Å²) in [4.78, 5) is 11.2. The first-order valence-electron chi connectivity index (χ1n) is 11.1. The normalized spacial score (nSPS) is 21.3. The molecule has 0 aromatic heterocycles. The van der Waals surface area contributed by atoms with Crippen molar-refractivity contribution in [2.45, 2.75) is 48.6 Å². The van der Waals surface area contributed by atoms with Crippen molar-refractivity contribution in [3.8, 4) is 16.9 Å². The molecule has 3 atom stereocenters. The standard InChI is InChI=1S/C26H25NO5S/c28-24(29)16-11-19-7-4-8-21-25-22(14-15-23(25)32-26(19)21)27-33(30,31)20-12-9-18(10-13-20)17-5-2-1-3-6-17/h1-10,12-13,22-23,25,27H,11,14-16H2,(H,28,29). The van der Waals surface area contributed by atoms with Crippen molar-refractivity contribution in [2.24, 2.45) is 0 Å². The Balaban J connectivity index is 1.36. The quantitative estimate of drug-likeness (QED) is 0.543. The number of fused-ring (bicyclic) bond motifs is 3. The largest absolute Gasteiger partial charge is 0.489 e. The number of carbonyl (C=O) groups is 1. The summed E-state index contributed by atoms with van der Waals surface area (Å²) in [5, 5.41) is 9.03. The fraction of sp³-hybridized carbons (Fsp3) is 0.269. The molecular weight excluding hydrogens is 438 g/mol. The highest BCUT2D eigenvalue weighted by atomic mass is 32.2. The second-order valence-electron chi connectivity index (χ2n) is 8.61. The molecule has 3 aromatic rings. The third-order valence-electron chi connectivity index (χ3n) is 6.54. The minimum absolute atomic E-state index is 0.0319. The van der Waals surface area contributed by atoms with Crippen LogP contribution in [0, 0.1) is 0 Å². The third kappa shape index (κ3) is 4.26. The zero-order chi connectivity index (χ0) is 23.0. The van der Waals surface area contributed by atoms with E-state index in [1.807, 2.05) is 60.7 Å². The first-order chi connectivity index (χ1) is 15.9. The average Bonchev–Trinajstić information content (AvgIpc) is 3.38. The van der Waals surface area contributed by atoms with Gasteiger partial charge in [-0.25, -0.2) is 13.1 Å². The molecule has 7 heteroatoms. The average molecular weight is 464 g/mol. The monoisotopic (exact) mass is 463 g/mol. The van der Waals surface area contributed by atoms with Crippen molar-refractivity contribution >= 4 is 16.0 Å². The lowest BCUT2D eigenvalue weighted by Crippen LogP contribution is -2.37. The Kier molecular flexibility index (Phi) is 5.68. The van der Waals surface area contributed by atoms with E-state index < -0.39 is 16.0 Å². The van der Waals surface area contributed by atoms with Crippen molar-refractivity contribution in [3.63, 3.8) is 0 Å². The lowest BCUT2D eigenvalue weighted by molar-refractivity contribution is -0.136. The molecule has 2 N–H and O–H groups in total. The summed E-state index contributed by atoms with van der Waals surface area (Å²) >= 11 is 0. The van der Waals surface area contributed by atoms with E-state index in [4.69, 9.17) is 9.84 Å². The molecular formula is C26H25NO5S. The van der Waals surface area contributed by atoms with Gasteiger partial charge in [0.1, 0.15) is 11.9 Å². The number of carboxylic acids is 1. The molecule has 1 aliphatic heterocycles. The summed E-state index contributed by atoms with van der Waals surface area (Å²) in [6.45, 7) is 0. The van der Waals surface area contributed by atoms with Crippen LogP contribution in [0.1, 0.15) is 36.3 Å². The number of hydrogen-bond donors (Lipinski definition) is 2. The van der Waals surface area contributed by atoms with E-state index in [0.29, 0.717) is 12.8 Å². The van der Waals surface area contributed by atoms with E-state index in [9.17, 15) is 13.2 Å². The minimum atomic E-state index is -3.70. The molecule has 170 valence electrons. The maximum Gasteiger partial charge on any atom is 0.303 e. The first-order valence-corrected chi connectivity index (χ1v) is 12.6. The van der Waals surface area contributed by atoms with Gasteiger partial charge < -0.3 is 9.84 Å². The lowest BCUT2D eigenvalue weighted by atomic mass is 9.92. The SMILES string of the molecule is O=C(O)CCc1cccc2c1OC1CCC(NS(=O)(=O)c3ccc(-c4ccccc4)cc3)C21. The van der Waals surface area contributed by atoms with Gasteiger partial charge in [0, 0.05) is 23.9 Å². The molecule has 1 saturated carbocycles. The number of rotatable bonds is 7. The van der Waals surface area contributed by atoms with Crippen molar-refractivity contribution < 1.29 is 23.1 Å². The molecule has 2 aliphatic rings. The van der Waals surface area contributed by atoms with Crippen LogP contribution >= 0.6 is 0 Å². The van der Waals surface area contributed by atoms with Crippen LogP contribution in [0.25, 0.3) is 11.1 Å². The molecule has 0 radical (unpaired) electrons. The van der Waals surface area contributed by atoms with Crippen LogP contribution in [0.15, 0.2) is 77.7 Å². The highest BCUT2D eigenvalue weighted by Crippen LogP contribution is 2.49. The van der Waals surface area contributed by atoms with Crippen molar-refractivity contribution in [1.29, 1.82) is 0 Å². The molecule has 0 saturated heterocycles. The van der Waals surface area contributed by atoms with Crippen molar-refractivity contribution in [1.82, 2.24) is 4.72 Å². The molecule has 0 bridgehead atoms. The topological polar surface area (TPSA) is 92.7 Å². The van der Waals surface area contributed by atoms with E-state index in [2.05, 4.69) is 4.72 Å². The van der Waals surface area contributed by atoms with Crippen LogP contribution < -0.4 is 9.46 Å². The third-order valence-corrected chi connectivity index (χ3v) is 8.04. The first kappa shape index (κ1) is 21.7. The van der Waals surface area contributed by atoms with E-state index in [1.54, 1.807) is 12.1 Å². The van der Waals surface area contributed by atoms with Gasteiger partial charge in [0.2, 0.25) is 10.0 Å². The van der Waals surface area contributed by atoms with Gasteiger partial charge in [0.05, 0.1) is 4.90 Å². The number of sulfonamides is 1. The second-order valence-corrected chi connectivity index (χ2v) is 10.3. The molecule has 3 aromatic carbocycles. The van der Waals surface area contributed by atoms with Crippen LogP contribution in [-0.4, -0.2) is 31.6 Å². The summed E-state index contributed by atoms with van der Waals surface area (Å²) in [6.07, 6.45) is 1.76. The zero-order valence-corrected chi connectivity index (χ0v) is 18.8. The van der Waals surface area contributed by atoms with Crippen LogP contribution in [0.3, 0.4) is 0 Å². The molecule has 0 spiro atoms. The second kappa shape index (κ2) is 8.65. The Morgan fingerprint density at radius 1 is 0.939 bits per heavy atom. The molecule has 33 heavy (non-hydrogen) atoms. The molecule has 5 rings (SSSR count). The number of para-hydroxylation sites is 1. The molecule has 6 nitrogen and oxygen atoms in total. The fourth-order valence-corrected chi connectivity index (χ4v) is 6.26. The van der Waals surface area contributed by atoms with Gasteiger partial charge in [0.25, 0.3) is 0 Å². The number of nitrogens with one attached hydrogen (secondary N) is 1. The van der Waals surface area contributed by atoms with E-state index in [-0.39, 0.29) is 29.4 Å².